The van der Waals surface area contributed by atoms with E-state index in [1.807, 2.05) is 42.6 Å². The molecule has 0 bridgehead atoms. The van der Waals surface area contributed by atoms with Crippen molar-refractivity contribution in [3.05, 3.63) is 66.0 Å². The Labute approximate surface area is 124 Å². The molecule has 0 heterocycles. The molecule has 0 aromatic heterocycles. The third-order valence-electron chi connectivity index (χ3n) is 3.41. The van der Waals surface area contributed by atoms with Crippen molar-refractivity contribution in [2.75, 3.05) is 5.32 Å². The van der Waals surface area contributed by atoms with E-state index in [-0.39, 0.29) is 23.8 Å². The van der Waals surface area contributed by atoms with Gasteiger partial charge in [-0.2, -0.15) is 0 Å². The van der Waals surface area contributed by atoms with Crippen LogP contribution in [0.1, 0.15) is 25.5 Å². The van der Waals surface area contributed by atoms with Crippen LogP contribution >= 0.6 is 0 Å². The van der Waals surface area contributed by atoms with Crippen molar-refractivity contribution in [1.82, 2.24) is 0 Å². The summed E-state index contributed by atoms with van der Waals surface area (Å²) in [6, 6.07) is 15.8. The van der Waals surface area contributed by atoms with Gasteiger partial charge >= 0.3 is 0 Å². The molecule has 21 heavy (non-hydrogen) atoms. The minimum atomic E-state index is -0.359. The largest absolute Gasteiger partial charge is 0.330 e. The predicted molar refractivity (Wildman–Crippen MR) is 81.3 cm³/mol. The molecular weight excluding hydrogens is 267 g/mol. The lowest BCUT2D eigenvalue weighted by atomic mass is 10.1. The summed E-state index contributed by atoms with van der Waals surface area (Å²) < 4.78 is 13.1. The number of anilines is 1. The van der Waals surface area contributed by atoms with E-state index in [9.17, 15) is 9.18 Å². The van der Waals surface area contributed by atoms with E-state index in [2.05, 4.69) is 12.2 Å². The van der Waals surface area contributed by atoms with Gasteiger partial charge in [-0.25, -0.2) is 4.39 Å². The van der Waals surface area contributed by atoms with Crippen molar-refractivity contribution in [1.29, 1.82) is 0 Å². The van der Waals surface area contributed by atoms with Gasteiger partial charge in [0.15, 0.2) is 6.04 Å². The molecule has 1 amide bonds. The van der Waals surface area contributed by atoms with Crippen LogP contribution in [0, 0.1) is 5.82 Å². The van der Waals surface area contributed by atoms with Crippen LogP contribution in [0.25, 0.3) is 0 Å². The number of nitrogens with one attached hydrogen (secondary N) is 1. The lowest BCUT2D eigenvalue weighted by molar-refractivity contribution is -0.709. The fourth-order valence-corrected chi connectivity index (χ4v) is 2.21. The number of rotatable bonds is 5. The highest BCUT2D eigenvalue weighted by Gasteiger charge is 2.20. The van der Waals surface area contributed by atoms with Crippen LogP contribution in [0.4, 0.5) is 10.1 Å². The van der Waals surface area contributed by atoms with Crippen molar-refractivity contribution in [3.63, 3.8) is 0 Å². The van der Waals surface area contributed by atoms with Crippen LogP contribution in [0.3, 0.4) is 0 Å². The van der Waals surface area contributed by atoms with Crippen LogP contribution in [0.2, 0.25) is 0 Å². The average Bonchev–Trinajstić information content (AvgIpc) is 2.48. The zero-order valence-corrected chi connectivity index (χ0v) is 12.2. The van der Waals surface area contributed by atoms with Gasteiger partial charge in [-0.1, -0.05) is 36.4 Å². The second kappa shape index (κ2) is 6.99. The van der Waals surface area contributed by atoms with E-state index < -0.39 is 0 Å². The normalized spacial score (nSPS) is 13.5. The smallest absolute Gasteiger partial charge is 0.282 e. The Bertz CT molecular complexity index is 601. The Morgan fingerprint density at radius 2 is 1.81 bits per heavy atom. The zero-order valence-electron chi connectivity index (χ0n) is 12.2. The summed E-state index contributed by atoms with van der Waals surface area (Å²) in [5.41, 5.74) is 1.65. The lowest BCUT2D eigenvalue weighted by Gasteiger charge is -2.16. The quantitative estimate of drug-likeness (QED) is 0.872. The molecule has 2 rings (SSSR count). The van der Waals surface area contributed by atoms with Crippen LogP contribution in [0.5, 0.6) is 0 Å². The molecule has 0 fully saturated rings. The molecule has 0 aliphatic heterocycles. The minimum Gasteiger partial charge on any atom is -0.330 e. The topological polar surface area (TPSA) is 45.7 Å². The van der Waals surface area contributed by atoms with Crippen LogP contribution in [-0.2, 0) is 4.79 Å². The van der Waals surface area contributed by atoms with E-state index in [0.29, 0.717) is 5.69 Å². The number of nitrogens with two attached hydrogens (primary N) is 1. The van der Waals surface area contributed by atoms with Gasteiger partial charge in [0.25, 0.3) is 5.91 Å². The van der Waals surface area contributed by atoms with Gasteiger partial charge < -0.3 is 10.6 Å². The summed E-state index contributed by atoms with van der Waals surface area (Å²) >= 11 is 0. The Hall–Kier alpha value is -2.20. The number of amides is 1. The zero-order chi connectivity index (χ0) is 15.2. The van der Waals surface area contributed by atoms with Crippen LogP contribution in [0.15, 0.2) is 54.6 Å². The second-order valence-corrected chi connectivity index (χ2v) is 5.18. The van der Waals surface area contributed by atoms with Crippen molar-refractivity contribution in [2.45, 2.75) is 25.9 Å². The van der Waals surface area contributed by atoms with Crippen molar-refractivity contribution in [3.8, 4) is 0 Å². The maximum absolute atomic E-state index is 13.1. The van der Waals surface area contributed by atoms with Crippen molar-refractivity contribution in [2.24, 2.45) is 0 Å². The van der Waals surface area contributed by atoms with E-state index in [4.69, 9.17) is 0 Å². The summed E-state index contributed by atoms with van der Waals surface area (Å²) in [4.78, 5) is 12.1. The molecule has 0 saturated heterocycles. The lowest BCUT2D eigenvalue weighted by Crippen LogP contribution is -2.91. The number of carbonyl (C=O) groups is 1. The monoisotopic (exact) mass is 287 g/mol. The third kappa shape index (κ3) is 4.39. The molecular formula is C17H20FN2O+. The highest BCUT2D eigenvalue weighted by Crippen LogP contribution is 2.10. The molecule has 110 valence electrons. The second-order valence-electron chi connectivity index (χ2n) is 5.18. The van der Waals surface area contributed by atoms with Gasteiger partial charge in [-0.15, -0.1) is 0 Å². The first-order valence-electron chi connectivity index (χ1n) is 7.02. The molecule has 0 aliphatic rings. The Morgan fingerprint density at radius 1 is 1.10 bits per heavy atom. The third-order valence-corrected chi connectivity index (χ3v) is 3.41. The van der Waals surface area contributed by atoms with Gasteiger partial charge in [0, 0.05) is 11.3 Å². The average molecular weight is 287 g/mol. The fraction of sp³-hybridized carbons (Fsp3) is 0.235. The summed E-state index contributed by atoms with van der Waals surface area (Å²) in [5, 5.41) is 4.72. The predicted octanol–water partition coefficient (Wildman–Crippen LogP) is 2.48. The number of halogens is 1. The van der Waals surface area contributed by atoms with E-state index in [1.54, 1.807) is 12.1 Å². The molecule has 2 aromatic rings. The first kappa shape index (κ1) is 15.2. The van der Waals surface area contributed by atoms with Crippen molar-refractivity contribution >= 4 is 11.6 Å². The summed E-state index contributed by atoms with van der Waals surface area (Å²) in [5.74, 6) is -0.495. The standard InChI is InChI=1S/C17H19FN2O/c1-12(14-7-4-3-5-8-14)19-13(2)17(21)20-16-10-6-9-15(18)11-16/h3-13,19H,1-2H3,(H,20,21)/p+1/t12-,13-/m1/s1. The fourth-order valence-electron chi connectivity index (χ4n) is 2.21. The molecule has 2 atom stereocenters. The maximum atomic E-state index is 13.1. The first-order valence-corrected chi connectivity index (χ1v) is 7.02. The van der Waals surface area contributed by atoms with E-state index >= 15 is 0 Å². The molecule has 2 aromatic carbocycles. The molecule has 0 aliphatic carbocycles. The summed E-state index contributed by atoms with van der Waals surface area (Å²) in [6.45, 7) is 3.90. The molecule has 0 radical (unpaired) electrons. The molecule has 0 saturated carbocycles. The van der Waals surface area contributed by atoms with Crippen LogP contribution < -0.4 is 10.6 Å². The Kier molecular flexibility index (Phi) is 5.06. The molecule has 0 spiro atoms. The highest BCUT2D eigenvalue weighted by atomic mass is 19.1. The molecule has 0 unspecified atom stereocenters. The minimum absolute atomic E-state index is 0.136. The number of carbonyl (C=O) groups excluding carboxylic acids is 1. The maximum Gasteiger partial charge on any atom is 0.282 e. The number of quaternary nitrogens is 1. The number of benzene rings is 2. The highest BCUT2D eigenvalue weighted by molar-refractivity contribution is 5.93. The Morgan fingerprint density at radius 3 is 2.48 bits per heavy atom. The number of hydrogen-bond acceptors (Lipinski definition) is 1. The van der Waals surface area contributed by atoms with Crippen LogP contribution in [-0.4, -0.2) is 11.9 Å². The van der Waals surface area contributed by atoms with E-state index in [1.165, 1.54) is 17.7 Å². The van der Waals surface area contributed by atoms with Gasteiger partial charge in [-0.3, -0.25) is 4.79 Å². The summed E-state index contributed by atoms with van der Waals surface area (Å²) in [6.07, 6.45) is 0. The molecule has 3 nitrogen and oxygen atoms in total. The van der Waals surface area contributed by atoms with Gasteiger partial charge in [0.1, 0.15) is 11.9 Å². The SMILES string of the molecule is C[C@@H]([NH2+][C@H](C)c1ccccc1)C(=O)Nc1cccc(F)c1. The van der Waals surface area contributed by atoms with Gasteiger partial charge in [0.05, 0.1) is 0 Å². The van der Waals surface area contributed by atoms with Crippen molar-refractivity contribution < 1.29 is 14.5 Å². The molecule has 4 heteroatoms. The first-order chi connectivity index (χ1) is 10.1. The summed E-state index contributed by atoms with van der Waals surface area (Å²) in [7, 11) is 0. The molecule has 3 N–H and O–H groups in total. The Balaban J connectivity index is 1.93. The van der Waals surface area contributed by atoms with E-state index in [0.717, 1.165) is 0 Å². The number of hydrogen-bond donors (Lipinski definition) is 2. The van der Waals surface area contributed by atoms with Gasteiger partial charge in [-0.05, 0) is 32.0 Å². The van der Waals surface area contributed by atoms with Gasteiger partial charge in [0.2, 0.25) is 0 Å².